The molecule has 0 fully saturated rings. The Bertz CT molecular complexity index is 1370. The van der Waals surface area contributed by atoms with Crippen LogP contribution >= 0.6 is 34.7 Å². The fourth-order valence-corrected chi connectivity index (χ4v) is 5.17. The monoisotopic (exact) mass is 539 g/mol. The maximum atomic E-state index is 12.6. The molecule has 2 aromatic carbocycles. The molecule has 7 nitrogen and oxygen atoms in total. The summed E-state index contributed by atoms with van der Waals surface area (Å²) in [5, 5.41) is 15.2. The Morgan fingerprint density at radius 3 is 2.75 bits per heavy atom. The van der Waals surface area contributed by atoms with Gasteiger partial charge in [0.2, 0.25) is 5.91 Å². The van der Waals surface area contributed by atoms with Crippen molar-refractivity contribution in [3.63, 3.8) is 0 Å². The van der Waals surface area contributed by atoms with E-state index >= 15 is 0 Å². The molecule has 0 aliphatic carbocycles. The average molecular weight is 540 g/mol. The Hall–Kier alpha value is -3.14. The van der Waals surface area contributed by atoms with Crippen LogP contribution in [0.15, 0.2) is 65.7 Å². The van der Waals surface area contributed by atoms with E-state index in [4.69, 9.17) is 16.3 Å². The summed E-state index contributed by atoms with van der Waals surface area (Å²) in [7, 11) is 0. The highest BCUT2D eigenvalue weighted by atomic mass is 35.5. The second kappa shape index (κ2) is 11.7. The summed E-state index contributed by atoms with van der Waals surface area (Å²) in [5.74, 6) is 1.46. The van der Waals surface area contributed by atoms with Crippen LogP contribution in [0.25, 0.3) is 11.3 Å². The first-order valence-electron chi connectivity index (χ1n) is 11.3. The summed E-state index contributed by atoms with van der Waals surface area (Å²) < 4.78 is 8.09. The van der Waals surface area contributed by atoms with Gasteiger partial charge < -0.3 is 10.1 Å². The molecule has 36 heavy (non-hydrogen) atoms. The minimum absolute atomic E-state index is 0.164. The van der Waals surface area contributed by atoms with Crippen LogP contribution in [-0.2, 0) is 11.3 Å². The maximum Gasteiger partial charge on any atom is 0.236 e. The summed E-state index contributed by atoms with van der Waals surface area (Å²) in [4.78, 5) is 17.1. The lowest BCUT2D eigenvalue weighted by atomic mass is 10.1. The Labute approximate surface area is 223 Å². The van der Waals surface area contributed by atoms with Crippen LogP contribution in [0.1, 0.15) is 30.0 Å². The molecule has 0 bridgehead atoms. The number of thiazole rings is 1. The van der Waals surface area contributed by atoms with Crippen molar-refractivity contribution in [2.24, 2.45) is 0 Å². The predicted octanol–water partition coefficient (Wildman–Crippen LogP) is 6.73. The van der Waals surface area contributed by atoms with E-state index in [1.807, 2.05) is 67.1 Å². The summed E-state index contributed by atoms with van der Waals surface area (Å²) in [5.41, 5.74) is 3.96. The van der Waals surface area contributed by atoms with E-state index in [9.17, 15) is 4.79 Å². The number of hydrogen-bond donors (Lipinski definition) is 1. The smallest absolute Gasteiger partial charge is 0.236 e. The Kier molecular flexibility index (Phi) is 8.45. The van der Waals surface area contributed by atoms with E-state index in [1.54, 1.807) is 6.08 Å². The van der Waals surface area contributed by atoms with E-state index < -0.39 is 0 Å². The molecule has 0 radical (unpaired) electrons. The molecule has 2 heterocycles. The summed E-state index contributed by atoms with van der Waals surface area (Å²) >= 11 is 8.63. The van der Waals surface area contributed by atoms with E-state index in [2.05, 4.69) is 33.1 Å². The summed E-state index contributed by atoms with van der Waals surface area (Å²) in [6.45, 7) is 10.4. The zero-order chi connectivity index (χ0) is 25.7. The van der Waals surface area contributed by atoms with Crippen molar-refractivity contribution in [2.75, 3.05) is 11.1 Å². The van der Waals surface area contributed by atoms with Crippen molar-refractivity contribution in [3.8, 4) is 17.0 Å². The largest absolute Gasteiger partial charge is 0.482 e. The number of hydrogen-bond acceptors (Lipinski definition) is 7. The molecule has 0 aliphatic rings. The summed E-state index contributed by atoms with van der Waals surface area (Å²) in [6.07, 6.45) is 1.44. The van der Waals surface area contributed by atoms with Crippen molar-refractivity contribution in [3.05, 3.63) is 82.5 Å². The average Bonchev–Trinajstić information content (AvgIpc) is 3.47. The minimum Gasteiger partial charge on any atom is -0.482 e. The minimum atomic E-state index is -0.330. The second-order valence-corrected chi connectivity index (χ2v) is 10.4. The molecule has 186 valence electrons. The molecule has 0 saturated heterocycles. The molecule has 4 aromatic rings. The van der Waals surface area contributed by atoms with Crippen LogP contribution in [0, 0.1) is 13.8 Å². The molecule has 1 atom stereocenters. The third kappa shape index (κ3) is 6.34. The first-order chi connectivity index (χ1) is 17.3. The number of anilines is 1. The molecule has 4 rings (SSSR count). The number of carbonyl (C=O) groups is 1. The number of aromatic nitrogens is 4. The number of rotatable bonds is 10. The van der Waals surface area contributed by atoms with Gasteiger partial charge in [0.25, 0.3) is 0 Å². The highest BCUT2D eigenvalue weighted by Gasteiger charge is 2.20. The first-order valence-corrected chi connectivity index (χ1v) is 13.5. The quantitative estimate of drug-likeness (QED) is 0.178. The van der Waals surface area contributed by atoms with Gasteiger partial charge in [-0.2, -0.15) is 0 Å². The molecule has 1 N–H and O–H groups in total. The van der Waals surface area contributed by atoms with Crippen molar-refractivity contribution in [1.82, 2.24) is 19.7 Å². The SMILES string of the molecule is C=CCn1c(SCC(=O)Nc2nc(-c3ccc(Cl)cc3)cs2)nnc1C(C)Oc1ccc(C)cc1C. The van der Waals surface area contributed by atoms with Gasteiger partial charge in [-0.1, -0.05) is 59.3 Å². The Morgan fingerprint density at radius 1 is 1.25 bits per heavy atom. The molecule has 2 aromatic heterocycles. The van der Waals surface area contributed by atoms with Crippen LogP contribution in [0.2, 0.25) is 5.02 Å². The van der Waals surface area contributed by atoms with Crippen LogP contribution < -0.4 is 10.1 Å². The van der Waals surface area contributed by atoms with Gasteiger partial charge in [0.05, 0.1) is 11.4 Å². The molecule has 1 amide bonds. The Balaban J connectivity index is 1.39. The van der Waals surface area contributed by atoms with Gasteiger partial charge in [0.1, 0.15) is 5.75 Å². The lowest BCUT2D eigenvalue weighted by Crippen LogP contribution is -2.15. The number of halogens is 1. The van der Waals surface area contributed by atoms with Gasteiger partial charge in [-0.05, 0) is 44.5 Å². The summed E-state index contributed by atoms with van der Waals surface area (Å²) in [6, 6.07) is 13.5. The number of ether oxygens (including phenoxy) is 1. The topological polar surface area (TPSA) is 81.9 Å². The van der Waals surface area contributed by atoms with Gasteiger partial charge in [0.15, 0.2) is 22.2 Å². The number of nitrogens with one attached hydrogen (secondary N) is 1. The van der Waals surface area contributed by atoms with Gasteiger partial charge in [-0.15, -0.1) is 28.1 Å². The van der Waals surface area contributed by atoms with Crippen LogP contribution in [0.4, 0.5) is 5.13 Å². The third-order valence-corrected chi connectivity index (χ3v) is 7.25. The Morgan fingerprint density at radius 2 is 2.03 bits per heavy atom. The van der Waals surface area contributed by atoms with Crippen LogP contribution in [0.3, 0.4) is 0 Å². The highest BCUT2D eigenvalue weighted by molar-refractivity contribution is 7.99. The number of amides is 1. The molecule has 1 unspecified atom stereocenters. The van der Waals surface area contributed by atoms with Gasteiger partial charge in [-0.3, -0.25) is 9.36 Å². The molecular weight excluding hydrogens is 514 g/mol. The number of allylic oxidation sites excluding steroid dienone is 1. The van der Waals surface area contributed by atoms with E-state index in [0.717, 1.165) is 22.6 Å². The maximum absolute atomic E-state index is 12.6. The van der Waals surface area contributed by atoms with Crippen LogP contribution in [-0.4, -0.2) is 31.4 Å². The van der Waals surface area contributed by atoms with Crippen molar-refractivity contribution >= 4 is 45.7 Å². The van der Waals surface area contributed by atoms with E-state index in [0.29, 0.717) is 27.7 Å². The zero-order valence-electron chi connectivity index (χ0n) is 20.2. The fraction of sp³-hybridized carbons (Fsp3) is 0.231. The van der Waals surface area contributed by atoms with Crippen molar-refractivity contribution in [1.29, 1.82) is 0 Å². The number of nitrogens with zero attached hydrogens (tertiary/aromatic N) is 4. The normalized spacial score (nSPS) is 11.8. The number of carbonyl (C=O) groups excluding carboxylic acids is 1. The molecular formula is C26H26ClN5O2S2. The lowest BCUT2D eigenvalue weighted by Gasteiger charge is -2.17. The second-order valence-electron chi connectivity index (χ2n) is 8.15. The van der Waals surface area contributed by atoms with Crippen molar-refractivity contribution < 1.29 is 9.53 Å². The predicted molar refractivity (Wildman–Crippen MR) is 147 cm³/mol. The fourth-order valence-electron chi connectivity index (χ4n) is 3.55. The van der Waals surface area contributed by atoms with E-state index in [1.165, 1.54) is 28.7 Å². The van der Waals surface area contributed by atoms with Crippen LogP contribution in [0.5, 0.6) is 5.75 Å². The lowest BCUT2D eigenvalue weighted by molar-refractivity contribution is -0.113. The third-order valence-electron chi connectivity index (χ3n) is 5.28. The number of benzene rings is 2. The van der Waals surface area contributed by atoms with E-state index in [-0.39, 0.29) is 17.8 Å². The zero-order valence-corrected chi connectivity index (χ0v) is 22.6. The molecule has 10 heteroatoms. The number of thioether (sulfide) groups is 1. The molecule has 0 spiro atoms. The van der Waals surface area contributed by atoms with Gasteiger partial charge in [0, 0.05) is 22.5 Å². The van der Waals surface area contributed by atoms with Gasteiger partial charge >= 0.3 is 0 Å². The first kappa shape index (κ1) is 25.9. The standard InChI is InChI=1S/C26H26ClN5O2S2/c1-5-12-32-24(18(4)34-22-11-6-16(2)13-17(22)3)30-31-26(32)36-15-23(33)29-25-28-21(14-35-25)19-7-9-20(27)10-8-19/h5-11,13-14,18H,1,12,15H2,2-4H3,(H,28,29,33). The van der Waals surface area contributed by atoms with Gasteiger partial charge in [-0.25, -0.2) is 4.98 Å². The van der Waals surface area contributed by atoms with Crippen molar-refractivity contribution in [2.45, 2.75) is 38.6 Å². The number of aryl methyl sites for hydroxylation is 2. The molecule has 0 saturated carbocycles. The highest BCUT2D eigenvalue weighted by Crippen LogP contribution is 2.28. The molecule has 0 aliphatic heterocycles.